The zero-order valence-electron chi connectivity index (χ0n) is 11.2. The van der Waals surface area contributed by atoms with E-state index in [1.807, 2.05) is 14.0 Å². The second kappa shape index (κ2) is 5.99. The zero-order chi connectivity index (χ0) is 13.8. The number of benzene rings is 1. The van der Waals surface area contributed by atoms with Gasteiger partial charge in [-0.15, -0.1) is 0 Å². The predicted molar refractivity (Wildman–Crippen MR) is 73.4 cm³/mol. The molecule has 2 rings (SSSR count). The Balaban J connectivity index is 2.06. The van der Waals surface area contributed by atoms with E-state index >= 15 is 0 Å². The molecule has 1 aromatic carbocycles. The maximum absolute atomic E-state index is 11.0. The van der Waals surface area contributed by atoms with Gasteiger partial charge in [0.05, 0.1) is 23.7 Å². The smallest absolute Gasteiger partial charge is 0.292 e. The second-order valence-electron chi connectivity index (χ2n) is 4.88. The molecule has 0 spiro atoms. The summed E-state index contributed by atoms with van der Waals surface area (Å²) in [7, 11) is 2.05. The molecule has 0 radical (unpaired) electrons. The van der Waals surface area contributed by atoms with E-state index in [-0.39, 0.29) is 22.8 Å². The van der Waals surface area contributed by atoms with E-state index in [0.29, 0.717) is 12.3 Å². The number of nitro benzene ring substituents is 1. The van der Waals surface area contributed by atoms with Crippen LogP contribution in [0.15, 0.2) is 24.3 Å². The van der Waals surface area contributed by atoms with E-state index in [1.165, 1.54) is 6.07 Å². The number of hydrogen-bond donors (Lipinski definition) is 1. The summed E-state index contributed by atoms with van der Waals surface area (Å²) in [5.41, 5.74) is 0.635. The van der Waals surface area contributed by atoms with Crippen molar-refractivity contribution >= 4 is 11.4 Å². The molecule has 1 aliphatic rings. The number of morpholine rings is 1. The van der Waals surface area contributed by atoms with E-state index in [0.717, 1.165) is 13.1 Å². The van der Waals surface area contributed by atoms with Crippen LogP contribution >= 0.6 is 0 Å². The molecule has 2 unspecified atom stereocenters. The number of anilines is 1. The molecule has 0 aliphatic carbocycles. The molecular formula is C13H19N3O3. The highest BCUT2D eigenvalue weighted by Gasteiger charge is 2.25. The van der Waals surface area contributed by atoms with Gasteiger partial charge in [-0.2, -0.15) is 0 Å². The minimum atomic E-state index is -0.372. The van der Waals surface area contributed by atoms with Gasteiger partial charge in [-0.05, 0) is 20.0 Å². The topological polar surface area (TPSA) is 67.6 Å². The fourth-order valence-corrected chi connectivity index (χ4v) is 2.21. The van der Waals surface area contributed by atoms with Crippen LogP contribution in [0.5, 0.6) is 0 Å². The van der Waals surface area contributed by atoms with Gasteiger partial charge in [0.25, 0.3) is 5.69 Å². The number of rotatable bonds is 4. The Morgan fingerprint density at radius 1 is 1.53 bits per heavy atom. The Labute approximate surface area is 112 Å². The molecule has 6 nitrogen and oxygen atoms in total. The van der Waals surface area contributed by atoms with Crippen LogP contribution in [0.25, 0.3) is 0 Å². The van der Waals surface area contributed by atoms with Crippen molar-refractivity contribution in [1.29, 1.82) is 0 Å². The summed E-state index contributed by atoms with van der Waals surface area (Å²) < 4.78 is 5.71. The van der Waals surface area contributed by atoms with Crippen molar-refractivity contribution in [3.63, 3.8) is 0 Å². The van der Waals surface area contributed by atoms with Crippen molar-refractivity contribution in [2.45, 2.75) is 19.1 Å². The molecule has 0 bridgehead atoms. The average Bonchev–Trinajstić information content (AvgIpc) is 2.39. The predicted octanol–water partition coefficient (Wildman–Crippen LogP) is 1.73. The standard InChI is InChI=1S/C13H19N3O3/c1-10(13-9-15(2)7-8-19-13)14-11-5-3-4-6-12(11)16(17)18/h3-6,10,13-14H,7-9H2,1-2H3. The molecule has 1 aliphatic heterocycles. The molecule has 19 heavy (non-hydrogen) atoms. The number of likely N-dealkylation sites (N-methyl/N-ethyl adjacent to an activating group) is 1. The van der Waals surface area contributed by atoms with Crippen LogP contribution in [0.2, 0.25) is 0 Å². The Morgan fingerprint density at radius 2 is 2.26 bits per heavy atom. The summed E-state index contributed by atoms with van der Waals surface area (Å²) in [6.45, 7) is 4.44. The lowest BCUT2D eigenvalue weighted by atomic mass is 10.1. The van der Waals surface area contributed by atoms with Crippen LogP contribution in [0, 0.1) is 10.1 Å². The molecule has 0 aromatic heterocycles. The number of ether oxygens (including phenoxy) is 1. The first-order valence-corrected chi connectivity index (χ1v) is 6.38. The minimum absolute atomic E-state index is 0.0175. The average molecular weight is 265 g/mol. The highest BCUT2D eigenvalue weighted by atomic mass is 16.6. The lowest BCUT2D eigenvalue weighted by Crippen LogP contribution is -2.47. The Hall–Kier alpha value is -1.66. The van der Waals surface area contributed by atoms with Gasteiger partial charge in [-0.25, -0.2) is 0 Å². The molecule has 2 atom stereocenters. The third-order valence-corrected chi connectivity index (χ3v) is 3.34. The van der Waals surface area contributed by atoms with Gasteiger partial charge in [-0.3, -0.25) is 10.1 Å². The molecule has 0 amide bonds. The van der Waals surface area contributed by atoms with Crippen LogP contribution in [0.1, 0.15) is 6.92 Å². The lowest BCUT2D eigenvalue weighted by Gasteiger charge is -2.34. The normalized spacial score (nSPS) is 21.9. The van der Waals surface area contributed by atoms with Crippen molar-refractivity contribution < 1.29 is 9.66 Å². The summed E-state index contributed by atoms with van der Waals surface area (Å²) in [5, 5.41) is 14.1. The molecule has 1 N–H and O–H groups in total. The van der Waals surface area contributed by atoms with Crippen LogP contribution in [0.4, 0.5) is 11.4 Å². The number of nitrogens with one attached hydrogen (secondary N) is 1. The van der Waals surface area contributed by atoms with Crippen molar-refractivity contribution in [2.75, 3.05) is 32.1 Å². The Morgan fingerprint density at radius 3 is 2.95 bits per heavy atom. The van der Waals surface area contributed by atoms with Crippen LogP contribution in [-0.4, -0.2) is 48.7 Å². The fourth-order valence-electron chi connectivity index (χ4n) is 2.21. The van der Waals surface area contributed by atoms with Gasteiger partial charge in [0, 0.05) is 19.2 Å². The number of nitro groups is 1. The van der Waals surface area contributed by atoms with Crippen molar-refractivity contribution in [3.05, 3.63) is 34.4 Å². The van der Waals surface area contributed by atoms with Crippen molar-refractivity contribution in [3.8, 4) is 0 Å². The highest BCUT2D eigenvalue weighted by Crippen LogP contribution is 2.25. The van der Waals surface area contributed by atoms with Crippen LogP contribution < -0.4 is 5.32 Å². The Bertz CT molecular complexity index is 453. The summed E-state index contributed by atoms with van der Waals surface area (Å²) in [6.07, 6.45) is 0.0403. The van der Waals surface area contributed by atoms with Gasteiger partial charge in [-0.1, -0.05) is 12.1 Å². The first-order valence-electron chi connectivity index (χ1n) is 6.38. The molecule has 6 heteroatoms. The zero-order valence-corrected chi connectivity index (χ0v) is 11.2. The lowest BCUT2D eigenvalue weighted by molar-refractivity contribution is -0.384. The molecule has 0 saturated carbocycles. The third-order valence-electron chi connectivity index (χ3n) is 3.34. The maximum Gasteiger partial charge on any atom is 0.292 e. The molecule has 1 heterocycles. The van der Waals surface area contributed by atoms with Gasteiger partial charge < -0.3 is 15.0 Å². The third kappa shape index (κ3) is 3.42. The van der Waals surface area contributed by atoms with Gasteiger partial charge >= 0.3 is 0 Å². The van der Waals surface area contributed by atoms with Gasteiger partial charge in [0.1, 0.15) is 5.69 Å². The maximum atomic E-state index is 11.0. The van der Waals surface area contributed by atoms with E-state index in [1.54, 1.807) is 18.2 Å². The number of nitrogens with zero attached hydrogens (tertiary/aromatic N) is 2. The molecule has 1 saturated heterocycles. The Kier molecular flexibility index (Phi) is 4.34. The van der Waals surface area contributed by atoms with Crippen LogP contribution in [0.3, 0.4) is 0 Å². The molecular weight excluding hydrogens is 246 g/mol. The van der Waals surface area contributed by atoms with Crippen molar-refractivity contribution in [1.82, 2.24) is 4.90 Å². The molecule has 1 aromatic rings. The SMILES string of the molecule is CC(Nc1ccccc1[N+](=O)[O-])C1CN(C)CCO1. The molecule has 1 fully saturated rings. The summed E-state index contributed by atoms with van der Waals surface area (Å²) in [5.74, 6) is 0. The highest BCUT2D eigenvalue weighted by molar-refractivity contribution is 5.61. The van der Waals surface area contributed by atoms with Gasteiger partial charge in [0.15, 0.2) is 0 Å². The van der Waals surface area contributed by atoms with Gasteiger partial charge in [0.2, 0.25) is 0 Å². The summed E-state index contributed by atoms with van der Waals surface area (Å²) in [4.78, 5) is 12.8. The fraction of sp³-hybridized carbons (Fsp3) is 0.538. The minimum Gasteiger partial charge on any atom is -0.374 e. The van der Waals surface area contributed by atoms with E-state index in [2.05, 4.69) is 10.2 Å². The van der Waals surface area contributed by atoms with E-state index < -0.39 is 0 Å². The van der Waals surface area contributed by atoms with Crippen molar-refractivity contribution in [2.24, 2.45) is 0 Å². The quantitative estimate of drug-likeness (QED) is 0.663. The largest absolute Gasteiger partial charge is 0.374 e. The second-order valence-corrected chi connectivity index (χ2v) is 4.88. The van der Waals surface area contributed by atoms with E-state index in [9.17, 15) is 10.1 Å². The number of hydrogen-bond acceptors (Lipinski definition) is 5. The summed E-state index contributed by atoms with van der Waals surface area (Å²) in [6, 6.07) is 6.70. The number of para-hydroxylation sites is 2. The summed E-state index contributed by atoms with van der Waals surface area (Å²) >= 11 is 0. The molecule has 104 valence electrons. The first-order chi connectivity index (χ1) is 9.08. The van der Waals surface area contributed by atoms with E-state index in [4.69, 9.17) is 4.74 Å². The first kappa shape index (κ1) is 13.8. The monoisotopic (exact) mass is 265 g/mol. The van der Waals surface area contributed by atoms with Crippen LogP contribution in [-0.2, 0) is 4.74 Å².